The molecule has 0 radical (unpaired) electrons. The molecule has 5 aromatic rings. The van der Waals surface area contributed by atoms with Crippen LogP contribution in [0.3, 0.4) is 0 Å². The predicted molar refractivity (Wildman–Crippen MR) is 131 cm³/mol. The van der Waals surface area contributed by atoms with E-state index in [0.717, 1.165) is 6.20 Å². The summed E-state index contributed by atoms with van der Waals surface area (Å²) in [4.78, 5) is 8.18. The van der Waals surface area contributed by atoms with Crippen LogP contribution in [-0.2, 0) is 13.2 Å². The van der Waals surface area contributed by atoms with E-state index in [1.54, 1.807) is 48.5 Å². The van der Waals surface area contributed by atoms with Gasteiger partial charge in [-0.1, -0.05) is 35.5 Å². The smallest absolute Gasteiger partial charge is 0.434 e. The van der Waals surface area contributed by atoms with Crippen molar-refractivity contribution in [3.8, 4) is 56.9 Å². The lowest BCUT2D eigenvalue weighted by molar-refractivity contribution is -0.140. The van der Waals surface area contributed by atoms with Crippen molar-refractivity contribution in [2.75, 3.05) is 14.2 Å². The van der Waals surface area contributed by atoms with Gasteiger partial charge in [0.2, 0.25) is 5.82 Å². The second-order valence-electron chi connectivity index (χ2n) is 8.32. The van der Waals surface area contributed by atoms with Gasteiger partial charge >= 0.3 is 6.18 Å². The Labute approximate surface area is 214 Å². The van der Waals surface area contributed by atoms with E-state index in [0.29, 0.717) is 39.3 Å². The largest absolute Gasteiger partial charge is 0.493 e. The summed E-state index contributed by atoms with van der Waals surface area (Å²) >= 11 is 0. The maximum absolute atomic E-state index is 14.2. The maximum atomic E-state index is 14.2. The van der Waals surface area contributed by atoms with E-state index in [1.165, 1.54) is 38.0 Å². The van der Waals surface area contributed by atoms with Crippen LogP contribution in [0.15, 0.2) is 71.4 Å². The number of benzene rings is 3. The molecule has 0 aliphatic rings. The lowest BCUT2D eigenvalue weighted by Gasteiger charge is -2.11. The number of aryl methyl sites for hydroxylation is 1. The van der Waals surface area contributed by atoms with Gasteiger partial charge in [0.25, 0.3) is 5.89 Å². The molecule has 0 aliphatic heterocycles. The molecule has 3 aromatic carbocycles. The highest BCUT2D eigenvalue weighted by Gasteiger charge is 2.34. The number of rotatable bonds is 6. The number of hydrogen-bond donors (Lipinski definition) is 0. The minimum absolute atomic E-state index is 0.160. The second-order valence-corrected chi connectivity index (χ2v) is 8.32. The molecule has 0 spiro atoms. The molecule has 38 heavy (non-hydrogen) atoms. The first-order chi connectivity index (χ1) is 18.2. The van der Waals surface area contributed by atoms with Crippen molar-refractivity contribution in [3.63, 3.8) is 0 Å². The molecular formula is C27H20F4N4O3. The Kier molecular flexibility index (Phi) is 6.35. The lowest BCUT2D eigenvalue weighted by Crippen LogP contribution is -2.04. The van der Waals surface area contributed by atoms with Gasteiger partial charge in [-0.25, -0.2) is 9.37 Å². The van der Waals surface area contributed by atoms with E-state index in [4.69, 9.17) is 14.0 Å². The van der Waals surface area contributed by atoms with E-state index in [1.807, 2.05) is 0 Å². The van der Waals surface area contributed by atoms with Crippen molar-refractivity contribution in [1.82, 2.24) is 19.7 Å². The molecule has 0 saturated carbocycles. The lowest BCUT2D eigenvalue weighted by atomic mass is 9.99. The van der Waals surface area contributed by atoms with Crippen LogP contribution >= 0.6 is 0 Å². The molecule has 0 unspecified atom stereocenters. The number of imidazole rings is 1. The third kappa shape index (κ3) is 4.70. The van der Waals surface area contributed by atoms with E-state index in [2.05, 4.69) is 15.1 Å². The van der Waals surface area contributed by atoms with Gasteiger partial charge in [-0.05, 0) is 41.5 Å². The molecule has 0 N–H and O–H groups in total. The number of hydrogen-bond acceptors (Lipinski definition) is 6. The van der Waals surface area contributed by atoms with Crippen molar-refractivity contribution in [2.24, 2.45) is 7.05 Å². The maximum Gasteiger partial charge on any atom is 0.434 e. The Hall–Kier alpha value is -4.67. The van der Waals surface area contributed by atoms with Crippen LogP contribution in [0.1, 0.15) is 5.69 Å². The van der Waals surface area contributed by atoms with Crippen LogP contribution in [-0.4, -0.2) is 33.9 Å². The van der Waals surface area contributed by atoms with Gasteiger partial charge in [-0.15, -0.1) is 0 Å². The monoisotopic (exact) mass is 524 g/mol. The van der Waals surface area contributed by atoms with Gasteiger partial charge in [-0.2, -0.15) is 18.2 Å². The first-order valence-electron chi connectivity index (χ1n) is 11.3. The number of ether oxygens (including phenoxy) is 2. The van der Waals surface area contributed by atoms with Crippen LogP contribution in [0.5, 0.6) is 11.5 Å². The summed E-state index contributed by atoms with van der Waals surface area (Å²) in [6.07, 6.45) is -3.60. The molecule has 0 aliphatic carbocycles. The summed E-state index contributed by atoms with van der Waals surface area (Å²) in [5.74, 6) is 1.14. The Morgan fingerprint density at radius 2 is 1.47 bits per heavy atom. The summed E-state index contributed by atoms with van der Waals surface area (Å²) in [6, 6.07) is 16.0. The van der Waals surface area contributed by atoms with Crippen LogP contribution in [0.4, 0.5) is 17.6 Å². The van der Waals surface area contributed by atoms with Crippen molar-refractivity contribution >= 4 is 0 Å². The van der Waals surface area contributed by atoms with Gasteiger partial charge < -0.3 is 18.6 Å². The van der Waals surface area contributed by atoms with E-state index >= 15 is 0 Å². The van der Waals surface area contributed by atoms with Crippen LogP contribution in [0, 0.1) is 5.82 Å². The molecule has 0 atom stereocenters. The number of methoxy groups -OCH3 is 2. The third-order valence-corrected chi connectivity index (χ3v) is 5.90. The topological polar surface area (TPSA) is 75.2 Å². The number of aromatic nitrogens is 4. The van der Waals surface area contributed by atoms with E-state index in [9.17, 15) is 17.6 Å². The fourth-order valence-electron chi connectivity index (χ4n) is 4.04. The van der Waals surface area contributed by atoms with Gasteiger partial charge in [0.1, 0.15) is 11.6 Å². The molecular weight excluding hydrogens is 504 g/mol. The van der Waals surface area contributed by atoms with Gasteiger partial charge in [0.15, 0.2) is 17.2 Å². The summed E-state index contributed by atoms with van der Waals surface area (Å²) in [5.41, 5.74) is 1.75. The zero-order chi connectivity index (χ0) is 27.0. The summed E-state index contributed by atoms with van der Waals surface area (Å²) in [7, 11) is 4.52. The average Bonchev–Trinajstić information content (AvgIpc) is 3.55. The predicted octanol–water partition coefficient (Wildman–Crippen LogP) is 6.65. The van der Waals surface area contributed by atoms with Crippen LogP contribution in [0.2, 0.25) is 0 Å². The fourth-order valence-corrected chi connectivity index (χ4v) is 4.04. The van der Waals surface area contributed by atoms with Crippen molar-refractivity contribution in [2.45, 2.75) is 6.18 Å². The minimum atomic E-state index is -4.53. The molecule has 0 saturated heterocycles. The molecule has 194 valence electrons. The zero-order valence-corrected chi connectivity index (χ0v) is 20.4. The van der Waals surface area contributed by atoms with Crippen molar-refractivity contribution in [1.29, 1.82) is 0 Å². The highest BCUT2D eigenvalue weighted by Crippen LogP contribution is 2.38. The molecule has 11 heteroatoms. The Morgan fingerprint density at radius 3 is 2.13 bits per heavy atom. The quantitative estimate of drug-likeness (QED) is 0.232. The highest BCUT2D eigenvalue weighted by molar-refractivity contribution is 5.81. The van der Waals surface area contributed by atoms with Gasteiger partial charge in [0.05, 0.1) is 14.2 Å². The van der Waals surface area contributed by atoms with Crippen LogP contribution in [0.25, 0.3) is 45.4 Å². The Morgan fingerprint density at radius 1 is 0.789 bits per heavy atom. The first kappa shape index (κ1) is 25.0. The highest BCUT2D eigenvalue weighted by atomic mass is 19.4. The summed E-state index contributed by atoms with van der Waals surface area (Å²) < 4.78 is 70.8. The number of nitrogens with zero attached hydrogens (tertiary/aromatic N) is 4. The molecule has 0 amide bonds. The first-order valence-corrected chi connectivity index (χ1v) is 11.3. The van der Waals surface area contributed by atoms with Gasteiger partial charge in [0, 0.05) is 29.9 Å². The number of alkyl halides is 3. The molecule has 7 nitrogen and oxygen atoms in total. The standard InChI is InChI=1S/C27H20F4N4O3/c1-35-14-23(27(29,30)31)32-25(35)16-6-4-15(5-7-16)24-33-26(38-34-24)19-10-9-18(28)13-20(19)17-8-11-21(36-2)22(12-17)37-3/h4-14H,1-3H3. The average molecular weight is 524 g/mol. The number of halogens is 4. The Bertz CT molecular complexity index is 1610. The summed E-state index contributed by atoms with van der Waals surface area (Å²) in [6.45, 7) is 0. The normalized spacial score (nSPS) is 11.6. The molecule has 2 heterocycles. The second kappa shape index (κ2) is 9.66. The third-order valence-electron chi connectivity index (χ3n) is 5.90. The molecule has 0 fully saturated rings. The zero-order valence-electron chi connectivity index (χ0n) is 20.4. The molecule has 0 bridgehead atoms. The fraction of sp³-hybridized carbons (Fsp3) is 0.148. The Balaban J connectivity index is 1.47. The van der Waals surface area contributed by atoms with Crippen molar-refractivity contribution < 1.29 is 31.6 Å². The van der Waals surface area contributed by atoms with E-state index in [-0.39, 0.29) is 17.5 Å². The summed E-state index contributed by atoms with van der Waals surface area (Å²) in [5, 5.41) is 4.04. The van der Waals surface area contributed by atoms with Crippen molar-refractivity contribution in [3.05, 3.63) is 78.4 Å². The minimum Gasteiger partial charge on any atom is -0.493 e. The van der Waals surface area contributed by atoms with E-state index < -0.39 is 17.7 Å². The van der Waals surface area contributed by atoms with Gasteiger partial charge in [-0.3, -0.25) is 0 Å². The molecule has 5 rings (SSSR count). The molecule has 2 aromatic heterocycles. The SMILES string of the molecule is COc1ccc(-c2cc(F)ccc2-c2nc(-c3ccc(-c4nc(C(F)(F)F)cn4C)cc3)no2)cc1OC. The van der Waals surface area contributed by atoms with Crippen LogP contribution < -0.4 is 9.47 Å².